The number of benzene rings is 2. The van der Waals surface area contributed by atoms with Gasteiger partial charge in [0.1, 0.15) is 12.8 Å². The number of nitrogens with zero attached hydrogens (tertiary/aromatic N) is 2. The molecule has 2 aromatic heterocycles. The van der Waals surface area contributed by atoms with Crippen molar-refractivity contribution in [2.75, 3.05) is 0 Å². The molecule has 27 heavy (non-hydrogen) atoms. The van der Waals surface area contributed by atoms with Crippen molar-refractivity contribution in [3.63, 3.8) is 0 Å². The molecule has 2 aromatic carbocycles. The third-order valence-electron chi connectivity index (χ3n) is 6.15. The summed E-state index contributed by atoms with van der Waals surface area (Å²) in [6.07, 6.45) is 6.48. The van der Waals surface area contributed by atoms with Crippen LogP contribution in [0.4, 0.5) is 0 Å². The standard InChI is InChI=1S/C25H20N2/c1-3-11-21-19(9-1)17-25(26-15-7-5-13-23(21)26)18-20-10-2-4-12-22(20)24-14-6-8-16-27(24)25/h1-16H,17-18H2/q+2. The predicted molar refractivity (Wildman–Crippen MR) is 105 cm³/mol. The van der Waals surface area contributed by atoms with Crippen LogP contribution >= 0.6 is 0 Å². The summed E-state index contributed by atoms with van der Waals surface area (Å²) in [7, 11) is 0. The fourth-order valence-corrected chi connectivity index (χ4v) is 5.03. The molecular formula is C25H20N2+2. The number of hydrogen-bond acceptors (Lipinski definition) is 0. The molecule has 0 radical (unpaired) electrons. The first kappa shape index (κ1) is 14.9. The second-order valence-electron chi connectivity index (χ2n) is 7.56. The van der Waals surface area contributed by atoms with Gasteiger partial charge in [0.05, 0.1) is 11.1 Å². The Balaban J connectivity index is 1.71. The number of fused-ring (bicyclic) bond motifs is 8. The van der Waals surface area contributed by atoms with E-state index in [4.69, 9.17) is 0 Å². The predicted octanol–water partition coefficient (Wildman–Crippen LogP) is 3.91. The molecule has 0 atom stereocenters. The van der Waals surface area contributed by atoms with Crippen molar-refractivity contribution in [2.45, 2.75) is 18.5 Å². The highest BCUT2D eigenvalue weighted by atomic mass is 15.3. The Hall–Kier alpha value is -3.26. The van der Waals surface area contributed by atoms with E-state index in [2.05, 4.69) is 106 Å². The van der Waals surface area contributed by atoms with E-state index in [0.717, 1.165) is 12.8 Å². The SMILES string of the molecule is c1ccc2c(c1)CC1(Cc3ccccc3-c3cccc[n+]31)[n+]1ccccc1-2. The molecule has 4 aromatic rings. The van der Waals surface area contributed by atoms with E-state index in [1.165, 1.54) is 33.6 Å². The fraction of sp³-hybridized carbons (Fsp3) is 0.120. The molecule has 2 aliphatic rings. The minimum atomic E-state index is -0.157. The van der Waals surface area contributed by atoms with E-state index in [1.54, 1.807) is 0 Å². The Morgan fingerprint density at radius 1 is 0.519 bits per heavy atom. The number of aromatic nitrogens is 2. The largest absolute Gasteiger partial charge is 0.369 e. The molecule has 6 rings (SSSR count). The molecule has 1 spiro atoms. The molecule has 0 saturated heterocycles. The molecule has 0 aliphatic carbocycles. The molecule has 128 valence electrons. The first-order valence-electron chi connectivity index (χ1n) is 9.56. The summed E-state index contributed by atoms with van der Waals surface area (Å²) in [5.41, 5.74) is 7.97. The molecule has 2 heteroatoms. The van der Waals surface area contributed by atoms with Gasteiger partial charge in [-0.05, 0) is 35.4 Å². The molecule has 2 nitrogen and oxygen atoms in total. The zero-order valence-electron chi connectivity index (χ0n) is 15.0. The normalized spacial score (nSPS) is 15.4. The maximum Gasteiger partial charge on any atom is 0.369 e. The average molecular weight is 348 g/mol. The van der Waals surface area contributed by atoms with Crippen LogP contribution in [0.15, 0.2) is 97.3 Å². The Morgan fingerprint density at radius 3 is 1.48 bits per heavy atom. The van der Waals surface area contributed by atoms with Crippen LogP contribution in [-0.4, -0.2) is 0 Å². The quantitative estimate of drug-likeness (QED) is 0.426. The van der Waals surface area contributed by atoms with E-state index < -0.39 is 0 Å². The van der Waals surface area contributed by atoms with Crippen LogP contribution in [0, 0.1) is 0 Å². The zero-order valence-corrected chi connectivity index (χ0v) is 15.0. The molecule has 0 bridgehead atoms. The first-order valence-corrected chi connectivity index (χ1v) is 9.56. The molecule has 4 heterocycles. The lowest BCUT2D eigenvalue weighted by Crippen LogP contribution is -2.78. The molecule has 0 unspecified atom stereocenters. The van der Waals surface area contributed by atoms with Crippen LogP contribution in [0.2, 0.25) is 0 Å². The van der Waals surface area contributed by atoms with Crippen LogP contribution in [0.3, 0.4) is 0 Å². The third kappa shape index (κ3) is 1.95. The third-order valence-corrected chi connectivity index (χ3v) is 6.15. The van der Waals surface area contributed by atoms with Gasteiger partial charge >= 0.3 is 5.66 Å². The highest BCUT2D eigenvalue weighted by Gasteiger charge is 2.57. The van der Waals surface area contributed by atoms with Crippen molar-refractivity contribution in [3.8, 4) is 22.5 Å². The van der Waals surface area contributed by atoms with Crippen molar-refractivity contribution in [3.05, 3.63) is 108 Å². The van der Waals surface area contributed by atoms with Crippen LogP contribution in [0.25, 0.3) is 22.5 Å². The maximum atomic E-state index is 2.49. The van der Waals surface area contributed by atoms with Gasteiger partial charge in [-0.2, -0.15) is 0 Å². The van der Waals surface area contributed by atoms with Crippen molar-refractivity contribution >= 4 is 0 Å². The summed E-state index contributed by atoms with van der Waals surface area (Å²) >= 11 is 0. The number of rotatable bonds is 0. The van der Waals surface area contributed by atoms with Crippen LogP contribution in [0.1, 0.15) is 11.1 Å². The van der Waals surface area contributed by atoms with E-state index in [1.807, 2.05) is 0 Å². The molecule has 2 aliphatic heterocycles. The van der Waals surface area contributed by atoms with Gasteiger partial charge in [-0.3, -0.25) is 0 Å². The van der Waals surface area contributed by atoms with Crippen molar-refractivity contribution in [1.82, 2.24) is 0 Å². The van der Waals surface area contributed by atoms with Crippen LogP contribution in [0.5, 0.6) is 0 Å². The second-order valence-corrected chi connectivity index (χ2v) is 7.56. The molecular weight excluding hydrogens is 328 g/mol. The van der Waals surface area contributed by atoms with Gasteiger partial charge in [-0.25, -0.2) is 0 Å². The second kappa shape index (κ2) is 5.37. The lowest BCUT2D eigenvalue weighted by molar-refractivity contribution is -0.988. The highest BCUT2D eigenvalue weighted by molar-refractivity contribution is 5.65. The Bertz CT molecular complexity index is 1100. The van der Waals surface area contributed by atoms with E-state index in [0.29, 0.717) is 0 Å². The van der Waals surface area contributed by atoms with E-state index in [-0.39, 0.29) is 5.66 Å². The molecule has 0 amide bonds. The Labute approximate surface area is 159 Å². The Morgan fingerprint density at radius 2 is 0.963 bits per heavy atom. The summed E-state index contributed by atoms with van der Waals surface area (Å²) in [4.78, 5) is 0. The maximum absolute atomic E-state index is 2.49. The van der Waals surface area contributed by atoms with E-state index >= 15 is 0 Å². The van der Waals surface area contributed by atoms with Gasteiger partial charge in [0.2, 0.25) is 11.4 Å². The summed E-state index contributed by atoms with van der Waals surface area (Å²) in [5.74, 6) is 0. The minimum absolute atomic E-state index is 0.157. The van der Waals surface area contributed by atoms with Gasteiger partial charge in [-0.1, -0.05) is 36.4 Å². The lowest BCUT2D eigenvalue weighted by Gasteiger charge is -2.33. The molecule has 0 fully saturated rings. The summed E-state index contributed by atoms with van der Waals surface area (Å²) in [6, 6.07) is 30.8. The van der Waals surface area contributed by atoms with Gasteiger partial charge in [0.25, 0.3) is 0 Å². The summed E-state index contributed by atoms with van der Waals surface area (Å²) < 4.78 is 4.99. The topological polar surface area (TPSA) is 7.76 Å². The number of hydrogen-bond donors (Lipinski definition) is 0. The Kier molecular flexibility index (Phi) is 2.96. The minimum Gasteiger partial charge on any atom is -0.134 e. The van der Waals surface area contributed by atoms with Crippen molar-refractivity contribution in [2.24, 2.45) is 0 Å². The van der Waals surface area contributed by atoms with Crippen LogP contribution in [-0.2, 0) is 18.5 Å². The van der Waals surface area contributed by atoms with Gasteiger partial charge in [0, 0.05) is 24.3 Å². The van der Waals surface area contributed by atoms with Crippen molar-refractivity contribution < 1.29 is 9.13 Å². The summed E-state index contributed by atoms with van der Waals surface area (Å²) in [5, 5.41) is 0. The smallest absolute Gasteiger partial charge is 0.134 e. The van der Waals surface area contributed by atoms with Gasteiger partial charge in [-0.15, -0.1) is 9.13 Å². The van der Waals surface area contributed by atoms with Crippen LogP contribution < -0.4 is 9.13 Å². The highest BCUT2D eigenvalue weighted by Crippen LogP contribution is 2.37. The van der Waals surface area contributed by atoms with Gasteiger partial charge in [0.15, 0.2) is 12.4 Å². The van der Waals surface area contributed by atoms with E-state index in [9.17, 15) is 0 Å². The lowest BCUT2D eigenvalue weighted by atomic mass is 9.80. The zero-order chi connectivity index (χ0) is 17.8. The average Bonchev–Trinajstić information content (AvgIpc) is 2.74. The van der Waals surface area contributed by atoms with Crippen molar-refractivity contribution in [1.29, 1.82) is 0 Å². The first-order chi connectivity index (χ1) is 13.4. The number of pyridine rings is 2. The monoisotopic (exact) mass is 348 g/mol. The summed E-state index contributed by atoms with van der Waals surface area (Å²) in [6.45, 7) is 0. The molecule has 0 saturated carbocycles. The van der Waals surface area contributed by atoms with Gasteiger partial charge < -0.3 is 0 Å². The molecule has 0 N–H and O–H groups in total. The fourth-order valence-electron chi connectivity index (χ4n) is 5.03.